The van der Waals surface area contributed by atoms with Crippen molar-refractivity contribution in [2.75, 3.05) is 6.54 Å². The summed E-state index contributed by atoms with van der Waals surface area (Å²) >= 11 is 0. The first-order chi connectivity index (χ1) is 16.5. The summed E-state index contributed by atoms with van der Waals surface area (Å²) < 4.78 is 34.9. The third-order valence-corrected chi connectivity index (χ3v) is 7.92. The van der Waals surface area contributed by atoms with Crippen molar-refractivity contribution in [3.63, 3.8) is 0 Å². The quantitative estimate of drug-likeness (QED) is 0.412. The van der Waals surface area contributed by atoms with Crippen molar-refractivity contribution >= 4 is 21.5 Å². The van der Waals surface area contributed by atoms with Gasteiger partial charge in [-0.05, 0) is 53.9 Å². The second kappa shape index (κ2) is 8.78. The Kier molecular flexibility index (Phi) is 5.65. The number of nitrogens with zero attached hydrogens (tertiary/aromatic N) is 3. The van der Waals surface area contributed by atoms with Crippen LogP contribution in [-0.4, -0.2) is 29.6 Å². The lowest BCUT2D eigenvalue weighted by molar-refractivity contribution is 0.0472. The average molecular weight is 472 g/mol. The van der Waals surface area contributed by atoms with Crippen LogP contribution in [0, 0.1) is 11.3 Å². The van der Waals surface area contributed by atoms with Crippen molar-refractivity contribution in [2.24, 2.45) is 0 Å². The molecule has 5 rings (SSSR count). The van der Waals surface area contributed by atoms with Crippen LogP contribution < -0.4 is 0 Å². The van der Waals surface area contributed by atoms with Gasteiger partial charge in [-0.2, -0.15) is 9.57 Å². The molecule has 0 N–H and O–H groups in total. The van der Waals surface area contributed by atoms with Crippen LogP contribution in [-0.2, 0) is 34.3 Å². The first-order valence-corrected chi connectivity index (χ1v) is 12.2. The molecule has 34 heavy (non-hydrogen) atoms. The number of aromatic nitrogens is 1. The number of hydrogen-bond donors (Lipinski definition) is 0. The zero-order valence-corrected chi connectivity index (χ0v) is 19.0. The number of esters is 1. The lowest BCUT2D eigenvalue weighted by Crippen LogP contribution is -2.35. The van der Waals surface area contributed by atoms with E-state index >= 15 is 0 Å². The molecular weight excluding hydrogens is 450 g/mol. The summed E-state index contributed by atoms with van der Waals surface area (Å²) in [6.07, 6.45) is 4.24. The van der Waals surface area contributed by atoms with Gasteiger partial charge in [-0.15, -0.1) is 0 Å². The van der Waals surface area contributed by atoms with E-state index in [0.29, 0.717) is 30.6 Å². The topological polar surface area (TPSA) is 91.9 Å². The normalized spacial score (nSPS) is 13.9. The summed E-state index contributed by atoms with van der Waals surface area (Å²) in [5, 5.41) is 9.49. The average Bonchev–Trinajstić information content (AvgIpc) is 3.24. The molecule has 1 aliphatic rings. The molecule has 2 aromatic heterocycles. The molecule has 0 saturated carbocycles. The van der Waals surface area contributed by atoms with Gasteiger partial charge in [0.05, 0.1) is 21.5 Å². The van der Waals surface area contributed by atoms with Crippen molar-refractivity contribution in [2.45, 2.75) is 24.5 Å². The number of hydrogen-bond acceptors (Lipinski definition) is 5. The van der Waals surface area contributed by atoms with Gasteiger partial charge in [0.2, 0.25) is 10.0 Å². The predicted molar refractivity (Wildman–Crippen MR) is 125 cm³/mol. The molecule has 0 atom stereocenters. The fourth-order valence-electron chi connectivity index (χ4n) is 4.23. The van der Waals surface area contributed by atoms with Crippen LogP contribution in [0.4, 0.5) is 0 Å². The third-order valence-electron chi connectivity index (χ3n) is 6.06. The molecule has 0 amide bonds. The van der Waals surface area contributed by atoms with Crippen LogP contribution in [0.2, 0.25) is 0 Å². The molecule has 0 radical (unpaired) electrons. The van der Waals surface area contributed by atoms with Crippen LogP contribution in [0.1, 0.15) is 32.6 Å². The van der Waals surface area contributed by atoms with Crippen LogP contribution in [0.25, 0.3) is 5.52 Å². The molecule has 4 aromatic rings. The Balaban J connectivity index is 1.29. The van der Waals surface area contributed by atoms with Gasteiger partial charge in [0, 0.05) is 31.0 Å². The van der Waals surface area contributed by atoms with Gasteiger partial charge in [0.1, 0.15) is 12.7 Å². The first-order valence-electron chi connectivity index (χ1n) is 10.8. The summed E-state index contributed by atoms with van der Waals surface area (Å²) in [5.41, 5.74) is 4.22. The second-order valence-corrected chi connectivity index (χ2v) is 10.0. The Bertz CT molecular complexity index is 1530. The molecule has 0 saturated heterocycles. The van der Waals surface area contributed by atoms with Crippen molar-refractivity contribution in [1.82, 2.24) is 8.71 Å². The van der Waals surface area contributed by atoms with E-state index in [1.807, 2.05) is 48.7 Å². The Morgan fingerprint density at radius 1 is 1.00 bits per heavy atom. The van der Waals surface area contributed by atoms with Crippen LogP contribution >= 0.6 is 0 Å². The fourth-order valence-corrected chi connectivity index (χ4v) is 5.65. The molecule has 0 spiro atoms. The Morgan fingerprint density at radius 3 is 2.50 bits per heavy atom. The highest BCUT2D eigenvalue weighted by molar-refractivity contribution is 7.89. The molecule has 170 valence electrons. The Morgan fingerprint density at radius 2 is 1.74 bits per heavy atom. The van der Waals surface area contributed by atoms with Crippen LogP contribution in [0.15, 0.2) is 84.0 Å². The molecule has 7 nitrogen and oxygen atoms in total. The highest BCUT2D eigenvalue weighted by atomic mass is 32.2. The van der Waals surface area contributed by atoms with Crippen molar-refractivity contribution in [1.29, 1.82) is 5.26 Å². The number of carbonyl (C=O) groups excluding carboxylic acids is 1. The van der Waals surface area contributed by atoms with E-state index < -0.39 is 16.0 Å². The summed E-state index contributed by atoms with van der Waals surface area (Å²) in [4.78, 5) is 12.7. The number of pyridine rings is 1. The van der Waals surface area contributed by atoms with Crippen LogP contribution in [0.3, 0.4) is 0 Å². The minimum Gasteiger partial charge on any atom is -0.457 e. The summed E-state index contributed by atoms with van der Waals surface area (Å²) in [6, 6.07) is 21.3. The van der Waals surface area contributed by atoms with Crippen molar-refractivity contribution in [3.05, 3.63) is 107 Å². The number of sulfonamides is 1. The van der Waals surface area contributed by atoms with Gasteiger partial charge in [-0.1, -0.05) is 30.3 Å². The second-order valence-electron chi connectivity index (χ2n) is 8.09. The van der Waals surface area contributed by atoms with Gasteiger partial charge in [0.15, 0.2) is 0 Å². The van der Waals surface area contributed by atoms with Crippen LogP contribution in [0.5, 0.6) is 0 Å². The van der Waals surface area contributed by atoms with E-state index in [1.54, 1.807) is 10.6 Å². The predicted octanol–water partition coefficient (Wildman–Crippen LogP) is 3.91. The standard InChI is InChI=1S/C26H21N3O4S/c27-15-24-22(16-28-13-4-3-7-25(24)28)18-33-26(30)20-8-10-23(11-9-20)34(31,32)29-14-12-19-5-1-2-6-21(19)17-29/h1-11,13,16H,12,14,17-18H2. The molecule has 0 aliphatic carbocycles. The van der Waals surface area contributed by atoms with E-state index in [1.165, 1.54) is 34.1 Å². The van der Waals surface area contributed by atoms with Gasteiger partial charge >= 0.3 is 5.97 Å². The number of carbonyl (C=O) groups is 1. The molecule has 0 fully saturated rings. The van der Waals surface area contributed by atoms with Gasteiger partial charge in [0.25, 0.3) is 0 Å². The number of nitriles is 1. The van der Waals surface area contributed by atoms with E-state index in [0.717, 1.165) is 11.1 Å². The van der Waals surface area contributed by atoms with E-state index in [9.17, 15) is 18.5 Å². The summed E-state index contributed by atoms with van der Waals surface area (Å²) in [5.74, 6) is -0.588. The molecule has 8 heteroatoms. The minimum atomic E-state index is -3.68. The highest BCUT2D eigenvalue weighted by Crippen LogP contribution is 2.25. The maximum atomic E-state index is 13.1. The molecule has 0 unspecified atom stereocenters. The van der Waals surface area contributed by atoms with E-state index in [2.05, 4.69) is 6.07 Å². The van der Waals surface area contributed by atoms with E-state index in [4.69, 9.17) is 4.74 Å². The van der Waals surface area contributed by atoms with E-state index in [-0.39, 0.29) is 17.1 Å². The van der Waals surface area contributed by atoms with Gasteiger partial charge < -0.3 is 9.14 Å². The molecular formula is C26H21N3O4S. The maximum absolute atomic E-state index is 13.1. The lowest BCUT2D eigenvalue weighted by Gasteiger charge is -2.28. The number of fused-ring (bicyclic) bond motifs is 2. The monoisotopic (exact) mass is 471 g/mol. The highest BCUT2D eigenvalue weighted by Gasteiger charge is 2.28. The Labute approximate surface area is 197 Å². The Hall–Kier alpha value is -3.93. The minimum absolute atomic E-state index is 0.0589. The van der Waals surface area contributed by atoms with Crippen molar-refractivity contribution < 1.29 is 17.9 Å². The maximum Gasteiger partial charge on any atom is 0.338 e. The number of benzene rings is 2. The zero-order chi connectivity index (χ0) is 23.7. The third kappa shape index (κ3) is 3.96. The zero-order valence-electron chi connectivity index (χ0n) is 18.2. The molecule has 3 heterocycles. The summed E-state index contributed by atoms with van der Waals surface area (Å²) in [7, 11) is -3.68. The fraction of sp³-hybridized carbons (Fsp3) is 0.154. The summed E-state index contributed by atoms with van der Waals surface area (Å²) in [6.45, 7) is 0.683. The van der Waals surface area contributed by atoms with Crippen molar-refractivity contribution in [3.8, 4) is 6.07 Å². The smallest absolute Gasteiger partial charge is 0.338 e. The number of rotatable bonds is 5. The SMILES string of the molecule is N#Cc1c(COC(=O)c2ccc(S(=O)(=O)N3CCc4ccccc4C3)cc2)cn2ccccc12. The molecule has 1 aliphatic heterocycles. The van der Waals surface area contributed by atoms with Gasteiger partial charge in [-0.3, -0.25) is 0 Å². The lowest BCUT2D eigenvalue weighted by atomic mass is 10.0. The largest absolute Gasteiger partial charge is 0.457 e. The van der Waals surface area contributed by atoms with Gasteiger partial charge in [-0.25, -0.2) is 13.2 Å². The number of ether oxygens (including phenoxy) is 1. The molecule has 0 bridgehead atoms. The molecule has 2 aromatic carbocycles. The first kappa shape index (κ1) is 21.9.